The van der Waals surface area contributed by atoms with Crippen LogP contribution in [0.2, 0.25) is 0 Å². The maximum atomic E-state index is 9.21. The molecule has 0 aromatic rings. The Morgan fingerprint density at radius 2 is 1.43 bits per heavy atom. The summed E-state index contributed by atoms with van der Waals surface area (Å²) in [7, 11) is -2.08. The van der Waals surface area contributed by atoms with E-state index in [1.54, 1.807) is 0 Å². The Balaban J connectivity index is 0. The fraction of sp³-hybridized carbons (Fsp3) is 0.750. The summed E-state index contributed by atoms with van der Waals surface area (Å²) in [5.41, 5.74) is 0. The van der Waals surface area contributed by atoms with Crippen LogP contribution in [0.15, 0.2) is 12.4 Å². The molecule has 14 heavy (non-hydrogen) atoms. The van der Waals surface area contributed by atoms with E-state index in [0.29, 0.717) is 19.8 Å². The largest absolute Gasteiger partial charge is 0.484 e. The fourth-order valence-corrected chi connectivity index (χ4v) is 1.66. The van der Waals surface area contributed by atoms with Gasteiger partial charge in [0.25, 0.3) is 0 Å². The summed E-state index contributed by atoms with van der Waals surface area (Å²) in [5, 5.41) is 0. The highest BCUT2D eigenvalue weighted by Gasteiger charge is 2.11. The minimum Gasteiger partial charge on any atom is -0.376 e. The molecule has 0 heterocycles. The monoisotopic (exact) mass is 239 g/mol. The van der Waals surface area contributed by atoms with Gasteiger partial charge in [0.05, 0.1) is 0 Å². The summed E-state index contributed by atoms with van der Waals surface area (Å²) in [6.07, 6.45) is 0. The van der Waals surface area contributed by atoms with Gasteiger partial charge < -0.3 is 13.3 Å². The van der Waals surface area contributed by atoms with Crippen LogP contribution >= 0.6 is 8.46 Å². The van der Waals surface area contributed by atoms with Gasteiger partial charge in [-0.3, -0.25) is 0 Å². The van der Waals surface area contributed by atoms with Gasteiger partial charge in [-0.2, -0.15) is 0 Å². The summed E-state index contributed by atoms with van der Waals surface area (Å²) in [6, 6.07) is 0. The lowest BCUT2D eigenvalue weighted by molar-refractivity contribution is 0.107. The van der Waals surface area contributed by atoms with E-state index < -0.39 is 9.53 Å². The molecule has 0 spiro atoms. The Bertz CT molecular complexity index is 114. The molecule has 0 saturated carbocycles. The maximum Gasteiger partial charge on any atom is 0.484 e. The molecule has 0 amide bonds. The van der Waals surface area contributed by atoms with Crippen LogP contribution in [0.5, 0.6) is 0 Å². The Labute approximate surface area is 89.4 Å². The van der Waals surface area contributed by atoms with Crippen LogP contribution in [0, 0.1) is 0 Å². The van der Waals surface area contributed by atoms with Crippen molar-refractivity contribution in [1.82, 2.24) is 0 Å². The van der Waals surface area contributed by atoms with E-state index in [1.165, 1.54) is 5.82 Å². The van der Waals surface area contributed by atoms with Crippen LogP contribution < -0.4 is 0 Å². The summed E-state index contributed by atoms with van der Waals surface area (Å²) in [6.45, 7) is 11.0. The molecule has 0 saturated heterocycles. The van der Waals surface area contributed by atoms with Crippen molar-refractivity contribution in [3.8, 4) is 0 Å². The molecule has 0 aliphatic heterocycles. The maximum absolute atomic E-state index is 9.21. The van der Waals surface area contributed by atoms with Crippen LogP contribution in [0.4, 0.5) is 0 Å². The number of hydrogen-bond donors (Lipinski definition) is 0. The zero-order valence-electron chi connectivity index (χ0n) is 9.12. The van der Waals surface area contributed by atoms with Crippen molar-refractivity contribution < 1.29 is 17.8 Å². The molecule has 1 unspecified atom stereocenters. The second-order valence-electron chi connectivity index (χ2n) is 1.98. The van der Waals surface area contributed by atoms with Crippen molar-refractivity contribution in [1.29, 1.82) is 0 Å². The van der Waals surface area contributed by atoms with E-state index in [9.17, 15) is 4.57 Å². The predicted octanol–water partition coefficient (Wildman–Crippen LogP) is 1.97. The zero-order valence-corrected chi connectivity index (χ0v) is 11.3. The SMILES string of the molecule is C=C[PH+]=O.CCO[SiH](OCC)OCC. The van der Waals surface area contributed by atoms with Gasteiger partial charge in [0.15, 0.2) is 0 Å². The Kier molecular flexibility index (Phi) is 18.0. The average Bonchev–Trinajstić information content (AvgIpc) is 2.20. The first-order chi connectivity index (χ1) is 6.76. The van der Waals surface area contributed by atoms with Crippen molar-refractivity contribution in [2.45, 2.75) is 20.8 Å². The summed E-state index contributed by atoms with van der Waals surface area (Å²) in [5.74, 6) is 1.35. The molecule has 0 rings (SSSR count). The smallest absolute Gasteiger partial charge is 0.376 e. The lowest BCUT2D eigenvalue weighted by Crippen LogP contribution is -2.27. The molecule has 0 aromatic carbocycles. The summed E-state index contributed by atoms with van der Waals surface area (Å²) in [4.78, 5) is 0. The molecule has 4 nitrogen and oxygen atoms in total. The van der Waals surface area contributed by atoms with E-state index in [0.717, 1.165) is 0 Å². The highest BCUT2D eigenvalue weighted by molar-refractivity contribution is 7.27. The molecule has 0 bridgehead atoms. The first-order valence-corrected chi connectivity index (χ1v) is 7.00. The summed E-state index contributed by atoms with van der Waals surface area (Å²) >= 11 is 0. The van der Waals surface area contributed by atoms with Crippen LogP contribution in [-0.2, 0) is 17.8 Å². The minimum atomic E-state index is -1.73. The highest BCUT2D eigenvalue weighted by atomic mass is 31.1. The van der Waals surface area contributed by atoms with Gasteiger partial charge in [-0.15, -0.1) is 0 Å². The summed E-state index contributed by atoms with van der Waals surface area (Å²) < 4.78 is 24.9. The minimum absolute atomic E-state index is 0.346. The molecule has 0 radical (unpaired) electrons. The Morgan fingerprint density at radius 1 is 1.14 bits per heavy atom. The first-order valence-electron chi connectivity index (χ1n) is 4.60. The number of rotatable bonds is 7. The van der Waals surface area contributed by atoms with Crippen LogP contribution in [0.1, 0.15) is 20.8 Å². The van der Waals surface area contributed by atoms with Crippen molar-refractivity contribution in [3.05, 3.63) is 12.4 Å². The first kappa shape index (κ1) is 16.4. The highest BCUT2D eigenvalue weighted by Crippen LogP contribution is 1.91. The Hall–Kier alpha value is -0.0631. The molecule has 0 aliphatic rings. The third-order valence-corrected chi connectivity index (χ3v) is 2.97. The van der Waals surface area contributed by atoms with Gasteiger partial charge in [-0.25, -0.2) is 0 Å². The zero-order chi connectivity index (χ0) is 11.2. The molecule has 1 atom stereocenters. The normalized spacial score (nSPS) is 9.71. The van der Waals surface area contributed by atoms with Crippen molar-refractivity contribution in [2.24, 2.45) is 0 Å². The van der Waals surface area contributed by atoms with Crippen LogP contribution in [0.3, 0.4) is 0 Å². The van der Waals surface area contributed by atoms with Gasteiger partial charge in [0.1, 0.15) is 5.82 Å². The standard InChI is InChI=1S/C6H16O3Si.C2H3OP/c1-4-7-10(8-5-2)9-6-3;1-2-4-3/h10H,4-6H2,1-3H3;2H,1H2/p+1. The second-order valence-corrected chi connectivity index (χ2v) is 4.20. The van der Waals surface area contributed by atoms with E-state index >= 15 is 0 Å². The Morgan fingerprint density at radius 3 is 1.57 bits per heavy atom. The van der Waals surface area contributed by atoms with Crippen molar-refractivity contribution in [2.75, 3.05) is 19.8 Å². The third-order valence-electron chi connectivity index (χ3n) is 0.992. The number of hydrogen-bond acceptors (Lipinski definition) is 4. The van der Waals surface area contributed by atoms with E-state index in [2.05, 4.69) is 6.58 Å². The van der Waals surface area contributed by atoms with Crippen molar-refractivity contribution in [3.63, 3.8) is 0 Å². The van der Waals surface area contributed by atoms with Crippen molar-refractivity contribution >= 4 is 18.0 Å². The molecular weight excluding hydrogens is 219 g/mol. The lowest BCUT2D eigenvalue weighted by Gasteiger charge is -2.12. The average molecular weight is 239 g/mol. The van der Waals surface area contributed by atoms with Gasteiger partial charge in [0, 0.05) is 19.8 Å². The lowest BCUT2D eigenvalue weighted by atomic mass is 10.9. The quantitative estimate of drug-likeness (QED) is 0.503. The van der Waals surface area contributed by atoms with E-state index in [-0.39, 0.29) is 8.46 Å². The van der Waals surface area contributed by atoms with Gasteiger partial charge >= 0.3 is 18.0 Å². The van der Waals surface area contributed by atoms with Gasteiger partial charge in [0.2, 0.25) is 0 Å². The fourth-order valence-electron chi connectivity index (χ4n) is 0.553. The molecule has 0 aliphatic carbocycles. The topological polar surface area (TPSA) is 44.8 Å². The molecule has 84 valence electrons. The second kappa shape index (κ2) is 15.4. The molecule has 0 N–H and O–H groups in total. The van der Waals surface area contributed by atoms with Gasteiger partial charge in [-0.1, -0.05) is 11.1 Å². The van der Waals surface area contributed by atoms with E-state index in [1.807, 2.05) is 20.8 Å². The van der Waals surface area contributed by atoms with Gasteiger partial charge in [-0.05, 0) is 20.8 Å². The van der Waals surface area contributed by atoms with Crippen LogP contribution in [-0.4, -0.2) is 29.3 Å². The molecule has 0 fully saturated rings. The molecule has 6 heteroatoms. The third kappa shape index (κ3) is 14.5. The predicted molar refractivity (Wildman–Crippen MR) is 61.2 cm³/mol. The van der Waals surface area contributed by atoms with Crippen LogP contribution in [0.25, 0.3) is 0 Å². The molecule has 0 aromatic heterocycles. The molecular formula is C8H20O4PSi+. The van der Waals surface area contributed by atoms with E-state index in [4.69, 9.17) is 13.3 Å².